The van der Waals surface area contributed by atoms with Crippen LogP contribution >= 0.6 is 0 Å². The summed E-state index contributed by atoms with van der Waals surface area (Å²) in [5.74, 6) is -0.393. The molecule has 0 saturated carbocycles. The third-order valence-corrected chi connectivity index (χ3v) is 2.09. The average molecular weight is 182 g/mol. The Bertz CT molecular complexity index is 318. The number of hydrogen-bond acceptors (Lipinski definition) is 3. The molecule has 0 aliphatic carbocycles. The standard InChI is InChI=1S/C8H14N4O/c1-5-6(4-11-12(5)2)7(9)3-8(10)13/h4,7H,3,9H2,1-2H3,(H2,10,13). The molecule has 1 unspecified atom stereocenters. The number of nitrogens with two attached hydrogens (primary N) is 2. The van der Waals surface area contributed by atoms with Crippen LogP contribution in [0.3, 0.4) is 0 Å². The van der Waals surface area contributed by atoms with Crippen LogP contribution in [0.1, 0.15) is 23.7 Å². The molecule has 72 valence electrons. The van der Waals surface area contributed by atoms with Crippen molar-refractivity contribution < 1.29 is 4.79 Å². The minimum Gasteiger partial charge on any atom is -0.370 e. The molecule has 4 N–H and O–H groups in total. The van der Waals surface area contributed by atoms with Gasteiger partial charge in [0.05, 0.1) is 6.20 Å². The van der Waals surface area contributed by atoms with E-state index in [1.807, 2.05) is 14.0 Å². The molecule has 13 heavy (non-hydrogen) atoms. The first-order valence-electron chi connectivity index (χ1n) is 4.04. The van der Waals surface area contributed by atoms with Crippen molar-refractivity contribution in [3.05, 3.63) is 17.5 Å². The number of primary amides is 1. The van der Waals surface area contributed by atoms with Crippen molar-refractivity contribution in [1.82, 2.24) is 9.78 Å². The highest BCUT2D eigenvalue weighted by Gasteiger charge is 2.14. The number of carbonyl (C=O) groups excluding carboxylic acids is 1. The van der Waals surface area contributed by atoms with Crippen LogP contribution in [0.25, 0.3) is 0 Å². The highest BCUT2D eigenvalue weighted by molar-refractivity contribution is 5.74. The Balaban J connectivity index is 2.82. The van der Waals surface area contributed by atoms with Gasteiger partial charge in [-0.25, -0.2) is 0 Å². The molecule has 1 amide bonds. The molecule has 0 aliphatic rings. The molecule has 0 aromatic carbocycles. The molecule has 1 heterocycles. The number of hydrogen-bond donors (Lipinski definition) is 2. The summed E-state index contributed by atoms with van der Waals surface area (Å²) in [7, 11) is 1.83. The van der Waals surface area contributed by atoms with Gasteiger partial charge in [0.2, 0.25) is 5.91 Å². The molecule has 0 saturated heterocycles. The molecule has 5 nitrogen and oxygen atoms in total. The van der Waals surface area contributed by atoms with Crippen LogP contribution in [0.2, 0.25) is 0 Å². The summed E-state index contributed by atoms with van der Waals surface area (Å²) in [5.41, 5.74) is 12.6. The van der Waals surface area contributed by atoms with E-state index in [9.17, 15) is 4.79 Å². The molecule has 1 aromatic heterocycles. The second kappa shape index (κ2) is 3.57. The fourth-order valence-electron chi connectivity index (χ4n) is 1.21. The van der Waals surface area contributed by atoms with Crippen molar-refractivity contribution >= 4 is 5.91 Å². The lowest BCUT2D eigenvalue weighted by molar-refractivity contribution is -0.118. The predicted molar refractivity (Wildman–Crippen MR) is 48.7 cm³/mol. The fourth-order valence-corrected chi connectivity index (χ4v) is 1.21. The summed E-state index contributed by atoms with van der Waals surface area (Å²) in [6, 6.07) is -0.341. The van der Waals surface area contributed by atoms with Gasteiger partial charge in [-0.05, 0) is 6.92 Å². The maximum absolute atomic E-state index is 10.6. The van der Waals surface area contributed by atoms with Crippen molar-refractivity contribution in [2.45, 2.75) is 19.4 Å². The van der Waals surface area contributed by atoms with Gasteiger partial charge < -0.3 is 11.5 Å². The van der Waals surface area contributed by atoms with Crippen molar-refractivity contribution in [3.63, 3.8) is 0 Å². The molecule has 0 aliphatic heterocycles. The normalized spacial score (nSPS) is 12.8. The van der Waals surface area contributed by atoms with Gasteiger partial charge in [-0.15, -0.1) is 0 Å². The molecule has 0 fully saturated rings. The zero-order valence-corrected chi connectivity index (χ0v) is 7.82. The van der Waals surface area contributed by atoms with E-state index in [4.69, 9.17) is 11.5 Å². The molecule has 0 spiro atoms. The summed E-state index contributed by atoms with van der Waals surface area (Å²) in [6.45, 7) is 1.91. The highest BCUT2D eigenvalue weighted by Crippen LogP contribution is 2.16. The lowest BCUT2D eigenvalue weighted by atomic mass is 10.1. The van der Waals surface area contributed by atoms with Crippen LogP contribution in [0.5, 0.6) is 0 Å². The van der Waals surface area contributed by atoms with E-state index in [1.165, 1.54) is 0 Å². The topological polar surface area (TPSA) is 86.9 Å². The van der Waals surface area contributed by atoms with Crippen molar-refractivity contribution in [2.75, 3.05) is 0 Å². The number of rotatable bonds is 3. The van der Waals surface area contributed by atoms with Gasteiger partial charge in [0.15, 0.2) is 0 Å². The van der Waals surface area contributed by atoms with E-state index in [0.717, 1.165) is 11.3 Å². The maximum atomic E-state index is 10.6. The Kier molecular flexibility index (Phi) is 2.67. The van der Waals surface area contributed by atoms with Crippen LogP contribution in [0.15, 0.2) is 6.20 Å². The van der Waals surface area contributed by atoms with Gasteiger partial charge >= 0.3 is 0 Å². The third kappa shape index (κ3) is 2.06. The van der Waals surface area contributed by atoms with E-state index >= 15 is 0 Å². The maximum Gasteiger partial charge on any atom is 0.219 e. The Hall–Kier alpha value is -1.36. The summed E-state index contributed by atoms with van der Waals surface area (Å²) in [6.07, 6.45) is 1.83. The largest absolute Gasteiger partial charge is 0.370 e. The number of nitrogens with zero attached hydrogens (tertiary/aromatic N) is 2. The molecule has 1 aromatic rings. The van der Waals surface area contributed by atoms with Gasteiger partial charge in [0.25, 0.3) is 0 Å². The lowest BCUT2D eigenvalue weighted by Crippen LogP contribution is -2.21. The van der Waals surface area contributed by atoms with Gasteiger partial charge in [0.1, 0.15) is 0 Å². The van der Waals surface area contributed by atoms with E-state index in [1.54, 1.807) is 10.9 Å². The second-order valence-corrected chi connectivity index (χ2v) is 3.09. The lowest BCUT2D eigenvalue weighted by Gasteiger charge is -2.08. The van der Waals surface area contributed by atoms with Crippen LogP contribution in [-0.2, 0) is 11.8 Å². The molecule has 5 heteroatoms. The Labute approximate surface area is 76.7 Å². The molecular weight excluding hydrogens is 168 g/mol. The van der Waals surface area contributed by atoms with Crippen molar-refractivity contribution in [2.24, 2.45) is 18.5 Å². The van der Waals surface area contributed by atoms with E-state index < -0.39 is 5.91 Å². The Morgan fingerprint density at radius 1 is 1.77 bits per heavy atom. The summed E-state index contributed by atoms with van der Waals surface area (Å²) >= 11 is 0. The number of amides is 1. The van der Waals surface area contributed by atoms with Crippen molar-refractivity contribution in [3.8, 4) is 0 Å². The fraction of sp³-hybridized carbons (Fsp3) is 0.500. The zero-order valence-electron chi connectivity index (χ0n) is 7.82. The first-order valence-corrected chi connectivity index (χ1v) is 4.04. The second-order valence-electron chi connectivity index (χ2n) is 3.09. The number of aryl methyl sites for hydroxylation is 1. The van der Waals surface area contributed by atoms with Gasteiger partial charge in [-0.1, -0.05) is 0 Å². The predicted octanol–water partition coefficient (Wildman–Crippen LogP) is -0.396. The number of aromatic nitrogens is 2. The van der Waals surface area contributed by atoms with Crippen LogP contribution in [0, 0.1) is 6.92 Å². The van der Waals surface area contributed by atoms with Gasteiger partial charge in [0, 0.05) is 30.8 Å². The molecular formula is C8H14N4O. The van der Waals surface area contributed by atoms with E-state index in [0.29, 0.717) is 0 Å². The number of carbonyl (C=O) groups is 1. The quantitative estimate of drug-likeness (QED) is 0.667. The minimum atomic E-state index is -0.393. The van der Waals surface area contributed by atoms with E-state index in [-0.39, 0.29) is 12.5 Å². The summed E-state index contributed by atoms with van der Waals surface area (Å²) in [4.78, 5) is 10.6. The zero-order chi connectivity index (χ0) is 10.0. The monoisotopic (exact) mass is 182 g/mol. The first-order chi connectivity index (χ1) is 6.02. The smallest absolute Gasteiger partial charge is 0.219 e. The first kappa shape index (κ1) is 9.73. The summed E-state index contributed by atoms with van der Waals surface area (Å²) < 4.78 is 1.72. The third-order valence-electron chi connectivity index (χ3n) is 2.09. The van der Waals surface area contributed by atoms with Gasteiger partial charge in [-0.3, -0.25) is 9.48 Å². The highest BCUT2D eigenvalue weighted by atomic mass is 16.1. The molecule has 0 radical (unpaired) electrons. The minimum absolute atomic E-state index is 0.159. The van der Waals surface area contributed by atoms with Crippen LogP contribution in [0.4, 0.5) is 0 Å². The summed E-state index contributed by atoms with van der Waals surface area (Å²) in [5, 5.41) is 4.03. The van der Waals surface area contributed by atoms with Crippen molar-refractivity contribution in [1.29, 1.82) is 0 Å². The average Bonchev–Trinajstić information content (AvgIpc) is 2.31. The SMILES string of the molecule is Cc1c(C(N)CC(N)=O)cnn1C. The Morgan fingerprint density at radius 2 is 2.38 bits per heavy atom. The molecule has 0 bridgehead atoms. The van der Waals surface area contributed by atoms with E-state index in [2.05, 4.69) is 5.10 Å². The Morgan fingerprint density at radius 3 is 2.77 bits per heavy atom. The van der Waals surface area contributed by atoms with Crippen LogP contribution in [-0.4, -0.2) is 15.7 Å². The van der Waals surface area contributed by atoms with Gasteiger partial charge in [-0.2, -0.15) is 5.10 Å². The molecule has 1 rings (SSSR count). The molecule has 1 atom stereocenters. The van der Waals surface area contributed by atoms with Crippen LogP contribution < -0.4 is 11.5 Å².